The Bertz CT molecular complexity index is 1140. The maximum absolute atomic E-state index is 12.6. The van der Waals surface area contributed by atoms with Gasteiger partial charge >= 0.3 is 5.97 Å². The molecule has 2 atom stereocenters. The van der Waals surface area contributed by atoms with Crippen molar-refractivity contribution in [3.8, 4) is 0 Å². The van der Waals surface area contributed by atoms with E-state index in [-0.39, 0.29) is 18.5 Å². The predicted molar refractivity (Wildman–Crippen MR) is 333 cm³/mol. The van der Waals surface area contributed by atoms with Gasteiger partial charge in [0.15, 0.2) is 0 Å². The fourth-order valence-corrected chi connectivity index (χ4v) is 11.2. The van der Waals surface area contributed by atoms with Gasteiger partial charge in [-0.05, 0) is 51.4 Å². The molecule has 0 heterocycles. The molecular weight excluding hydrogens is 935 g/mol. The summed E-state index contributed by atoms with van der Waals surface area (Å²) in [6.45, 7) is 4.98. The van der Waals surface area contributed by atoms with Crippen molar-refractivity contribution in [2.24, 2.45) is 0 Å². The molecule has 0 radical (unpaired) electrons. The highest BCUT2D eigenvalue weighted by molar-refractivity contribution is 5.76. The molecule has 6 nitrogen and oxygen atoms in total. The topological polar surface area (TPSA) is 95.9 Å². The lowest BCUT2D eigenvalue weighted by Gasteiger charge is -2.22. The Balaban J connectivity index is 3.40. The normalized spacial score (nSPS) is 12.5. The summed E-state index contributed by atoms with van der Waals surface area (Å²) < 4.78 is 5.50. The Morgan fingerprint density at radius 1 is 0.355 bits per heavy atom. The molecule has 76 heavy (non-hydrogen) atoms. The number of aliphatic hydroxyl groups excluding tert-OH is 2. The summed E-state index contributed by atoms with van der Waals surface area (Å²) in [6.07, 6.45) is 81.0. The molecule has 0 saturated carbocycles. The highest BCUT2D eigenvalue weighted by atomic mass is 16.5. The zero-order chi connectivity index (χ0) is 55.0. The van der Waals surface area contributed by atoms with Gasteiger partial charge in [-0.15, -0.1) is 0 Å². The smallest absolute Gasteiger partial charge is 0.305 e. The molecule has 0 bridgehead atoms. The number of amides is 1. The van der Waals surface area contributed by atoms with Gasteiger partial charge in [0.1, 0.15) is 0 Å². The van der Waals surface area contributed by atoms with Gasteiger partial charge in [-0.2, -0.15) is 0 Å². The molecule has 0 spiro atoms. The van der Waals surface area contributed by atoms with Crippen molar-refractivity contribution in [3.05, 3.63) is 12.2 Å². The fourth-order valence-electron chi connectivity index (χ4n) is 11.2. The number of hydrogen-bond donors (Lipinski definition) is 3. The second-order valence-electron chi connectivity index (χ2n) is 24.2. The van der Waals surface area contributed by atoms with Crippen molar-refractivity contribution in [1.29, 1.82) is 0 Å². The van der Waals surface area contributed by atoms with E-state index in [4.69, 9.17) is 4.74 Å². The van der Waals surface area contributed by atoms with E-state index in [9.17, 15) is 19.8 Å². The SMILES string of the molecule is CCCCCCCCC/C=C\CCCCCCCCCC(=O)OCCCCCCCCCCCCCCCCCCCC(=O)NC(CO)C(O)CCCCCCCCCCCCCCCCCCCCCCCCCC. The van der Waals surface area contributed by atoms with Gasteiger partial charge in [-0.1, -0.05) is 347 Å². The van der Waals surface area contributed by atoms with Gasteiger partial charge in [0.2, 0.25) is 5.91 Å². The summed E-state index contributed by atoms with van der Waals surface area (Å²) in [7, 11) is 0. The fraction of sp³-hybridized carbons (Fsp3) is 0.943. The monoisotopic (exact) mass is 1070 g/mol. The first kappa shape index (κ1) is 74.6. The van der Waals surface area contributed by atoms with Crippen molar-refractivity contribution in [2.75, 3.05) is 13.2 Å². The van der Waals surface area contributed by atoms with E-state index >= 15 is 0 Å². The highest BCUT2D eigenvalue weighted by Gasteiger charge is 2.20. The Hall–Kier alpha value is -1.40. The third kappa shape index (κ3) is 61.8. The second kappa shape index (κ2) is 66.1. The first-order valence-electron chi connectivity index (χ1n) is 34.9. The highest BCUT2D eigenvalue weighted by Crippen LogP contribution is 2.19. The first-order valence-corrected chi connectivity index (χ1v) is 34.9. The third-order valence-corrected chi connectivity index (χ3v) is 16.6. The van der Waals surface area contributed by atoms with Crippen LogP contribution in [0.25, 0.3) is 0 Å². The van der Waals surface area contributed by atoms with Crippen LogP contribution in [-0.4, -0.2) is 47.4 Å². The van der Waals surface area contributed by atoms with Crippen LogP contribution < -0.4 is 5.32 Å². The molecule has 0 fully saturated rings. The van der Waals surface area contributed by atoms with Crippen LogP contribution >= 0.6 is 0 Å². The second-order valence-corrected chi connectivity index (χ2v) is 24.2. The van der Waals surface area contributed by atoms with Gasteiger partial charge in [0.05, 0.1) is 25.4 Å². The lowest BCUT2D eigenvalue weighted by atomic mass is 10.0. The van der Waals surface area contributed by atoms with Gasteiger partial charge in [-0.25, -0.2) is 0 Å². The standard InChI is InChI=1S/C70H137NO5/c1-3-5-7-9-11-13-15-17-19-21-23-24-25-26-27-28-30-34-38-42-46-50-54-58-62-68(73)67(66-72)71-69(74)63-59-55-51-47-43-39-35-31-29-33-37-41-45-49-53-57-61-65-76-70(75)64-60-56-52-48-44-40-36-32-22-20-18-16-14-12-10-8-6-4-2/h20,22,67-68,72-73H,3-19,21,23-66H2,1-2H3,(H,71,74)/b22-20-. The molecule has 1 amide bonds. The average Bonchev–Trinajstić information content (AvgIpc) is 3.42. The Morgan fingerprint density at radius 3 is 0.934 bits per heavy atom. The van der Waals surface area contributed by atoms with E-state index in [1.54, 1.807) is 0 Å². The number of unbranched alkanes of at least 4 members (excludes halogenated alkanes) is 53. The summed E-state index contributed by atoms with van der Waals surface area (Å²) in [5, 5.41) is 23.4. The lowest BCUT2D eigenvalue weighted by molar-refractivity contribution is -0.143. The number of carbonyl (C=O) groups excluding carboxylic acids is 2. The zero-order valence-electron chi connectivity index (χ0n) is 51.8. The average molecular weight is 1070 g/mol. The van der Waals surface area contributed by atoms with E-state index in [2.05, 4.69) is 31.3 Å². The number of hydrogen-bond acceptors (Lipinski definition) is 5. The molecule has 0 saturated heterocycles. The van der Waals surface area contributed by atoms with Gasteiger partial charge < -0.3 is 20.3 Å². The molecule has 0 rings (SSSR count). The minimum atomic E-state index is -0.669. The van der Waals surface area contributed by atoms with E-state index in [0.717, 1.165) is 44.9 Å². The van der Waals surface area contributed by atoms with E-state index in [0.29, 0.717) is 25.9 Å². The number of aliphatic hydroxyl groups is 2. The quantitative estimate of drug-likeness (QED) is 0.0320. The minimum Gasteiger partial charge on any atom is -0.466 e. The molecule has 0 aliphatic carbocycles. The molecule has 0 aliphatic heterocycles. The maximum Gasteiger partial charge on any atom is 0.305 e. The van der Waals surface area contributed by atoms with E-state index in [1.165, 1.54) is 321 Å². The van der Waals surface area contributed by atoms with E-state index in [1.807, 2.05) is 0 Å². The van der Waals surface area contributed by atoms with Crippen LogP contribution in [0.4, 0.5) is 0 Å². The number of ether oxygens (including phenoxy) is 1. The van der Waals surface area contributed by atoms with Crippen LogP contribution in [0.5, 0.6) is 0 Å². The number of nitrogens with one attached hydrogen (secondary N) is 1. The molecule has 6 heteroatoms. The van der Waals surface area contributed by atoms with Gasteiger partial charge in [0, 0.05) is 12.8 Å². The summed E-state index contributed by atoms with van der Waals surface area (Å²) in [6, 6.07) is -0.547. The largest absolute Gasteiger partial charge is 0.466 e. The molecule has 0 aliphatic rings. The summed E-state index contributed by atoms with van der Waals surface area (Å²) in [5.41, 5.74) is 0. The number of esters is 1. The Kier molecular flexibility index (Phi) is 64.9. The molecular formula is C70H137NO5. The van der Waals surface area contributed by atoms with Crippen LogP contribution in [0.1, 0.15) is 399 Å². The van der Waals surface area contributed by atoms with Crippen molar-refractivity contribution in [3.63, 3.8) is 0 Å². The Morgan fingerprint density at radius 2 is 0.618 bits per heavy atom. The van der Waals surface area contributed by atoms with Gasteiger partial charge in [0.25, 0.3) is 0 Å². The van der Waals surface area contributed by atoms with Crippen LogP contribution in [-0.2, 0) is 14.3 Å². The molecule has 3 N–H and O–H groups in total. The van der Waals surface area contributed by atoms with Crippen molar-refractivity contribution < 1.29 is 24.5 Å². The van der Waals surface area contributed by atoms with Crippen molar-refractivity contribution in [1.82, 2.24) is 5.32 Å². The van der Waals surface area contributed by atoms with Crippen molar-refractivity contribution in [2.45, 2.75) is 411 Å². The van der Waals surface area contributed by atoms with Crippen LogP contribution in [0.3, 0.4) is 0 Å². The van der Waals surface area contributed by atoms with Crippen LogP contribution in [0, 0.1) is 0 Å². The Labute approximate surface area is 476 Å². The number of rotatable bonds is 66. The summed E-state index contributed by atoms with van der Waals surface area (Å²) >= 11 is 0. The number of allylic oxidation sites excluding steroid dienone is 2. The maximum atomic E-state index is 12.6. The van der Waals surface area contributed by atoms with Crippen LogP contribution in [0.15, 0.2) is 12.2 Å². The van der Waals surface area contributed by atoms with E-state index < -0.39 is 12.1 Å². The van der Waals surface area contributed by atoms with Crippen molar-refractivity contribution >= 4 is 11.9 Å². The predicted octanol–water partition coefficient (Wildman–Crippen LogP) is 22.4. The minimum absolute atomic E-state index is 0.00408. The van der Waals surface area contributed by atoms with Crippen LogP contribution in [0.2, 0.25) is 0 Å². The van der Waals surface area contributed by atoms with Gasteiger partial charge in [-0.3, -0.25) is 9.59 Å². The molecule has 0 aromatic rings. The third-order valence-electron chi connectivity index (χ3n) is 16.6. The summed E-state index contributed by atoms with van der Waals surface area (Å²) in [4.78, 5) is 24.7. The zero-order valence-corrected chi connectivity index (χ0v) is 51.8. The summed E-state index contributed by atoms with van der Waals surface area (Å²) in [5.74, 6) is -0.0311. The molecule has 0 aromatic carbocycles. The lowest BCUT2D eigenvalue weighted by Crippen LogP contribution is -2.45. The molecule has 452 valence electrons. The molecule has 0 aromatic heterocycles. The number of carbonyl (C=O) groups is 2. The molecule has 2 unspecified atom stereocenters. The first-order chi connectivity index (χ1) is 37.5.